The monoisotopic (exact) mass is 412 g/mol. The van der Waals surface area contributed by atoms with Crippen LogP contribution in [-0.4, -0.2) is 24.1 Å². The normalized spacial score (nSPS) is 12.5. The maximum atomic E-state index is 11.5. The maximum Gasteiger partial charge on any atom is 0.330 e. The van der Waals surface area contributed by atoms with Crippen LogP contribution in [0.25, 0.3) is 6.08 Å². The van der Waals surface area contributed by atoms with Gasteiger partial charge in [-0.05, 0) is 68.1 Å². The Morgan fingerprint density at radius 3 is 1.90 bits per heavy atom. The van der Waals surface area contributed by atoms with Crippen molar-refractivity contribution < 1.29 is 19.1 Å². The van der Waals surface area contributed by atoms with Gasteiger partial charge in [0.2, 0.25) is 0 Å². The van der Waals surface area contributed by atoms with Crippen LogP contribution in [0.1, 0.15) is 69.1 Å². The van der Waals surface area contributed by atoms with Gasteiger partial charge >= 0.3 is 11.9 Å². The highest BCUT2D eigenvalue weighted by atomic mass is 16.5. The van der Waals surface area contributed by atoms with Crippen LogP contribution in [0.5, 0.6) is 0 Å². The second kappa shape index (κ2) is 14.4. The van der Waals surface area contributed by atoms with Crippen LogP contribution >= 0.6 is 0 Å². The van der Waals surface area contributed by atoms with E-state index in [1.165, 1.54) is 23.3 Å². The third kappa shape index (κ3) is 8.81. The van der Waals surface area contributed by atoms with Crippen molar-refractivity contribution in [2.24, 2.45) is 0 Å². The van der Waals surface area contributed by atoms with E-state index in [4.69, 9.17) is 9.47 Å². The van der Waals surface area contributed by atoms with Gasteiger partial charge in [0.1, 0.15) is 12.2 Å². The van der Waals surface area contributed by atoms with E-state index in [2.05, 4.69) is 37.9 Å². The van der Waals surface area contributed by atoms with Gasteiger partial charge in [0, 0.05) is 12.2 Å². The van der Waals surface area contributed by atoms with Gasteiger partial charge < -0.3 is 9.47 Å². The highest BCUT2D eigenvalue weighted by Gasteiger charge is 2.14. The summed E-state index contributed by atoms with van der Waals surface area (Å²) >= 11 is 0. The van der Waals surface area contributed by atoms with Gasteiger partial charge in [-0.2, -0.15) is 0 Å². The summed E-state index contributed by atoms with van der Waals surface area (Å²) in [7, 11) is 0. The van der Waals surface area contributed by atoms with E-state index in [1.807, 2.05) is 19.9 Å². The Morgan fingerprint density at radius 2 is 1.43 bits per heavy atom. The first-order chi connectivity index (χ1) is 14.5. The van der Waals surface area contributed by atoms with Crippen LogP contribution in [0.15, 0.2) is 50.1 Å². The predicted molar refractivity (Wildman–Crippen MR) is 123 cm³/mol. The van der Waals surface area contributed by atoms with Gasteiger partial charge in [0.25, 0.3) is 0 Å². The first kappa shape index (κ1) is 25.4. The molecule has 30 heavy (non-hydrogen) atoms. The zero-order valence-corrected chi connectivity index (χ0v) is 18.5. The molecular formula is C26H36O4. The Kier molecular flexibility index (Phi) is 12.2. The number of ether oxygens (including phenoxy) is 2. The summed E-state index contributed by atoms with van der Waals surface area (Å²) in [6.07, 6.45) is 11.1. The molecule has 0 aromatic heterocycles. The molecule has 0 spiro atoms. The molecule has 2 atom stereocenters. The molecule has 0 amide bonds. The van der Waals surface area contributed by atoms with Crippen LogP contribution in [0, 0.1) is 0 Å². The minimum Gasteiger partial charge on any atom is -0.459 e. The Hall–Kier alpha value is -2.62. The molecule has 0 aliphatic heterocycles. The summed E-state index contributed by atoms with van der Waals surface area (Å²) in [5.74, 6) is -0.726. The first-order valence-corrected chi connectivity index (χ1v) is 10.9. The van der Waals surface area contributed by atoms with E-state index >= 15 is 0 Å². The lowest BCUT2D eigenvalue weighted by atomic mass is 9.92. The van der Waals surface area contributed by atoms with E-state index in [0.29, 0.717) is 0 Å². The zero-order valence-electron chi connectivity index (χ0n) is 18.5. The van der Waals surface area contributed by atoms with Gasteiger partial charge in [-0.25, -0.2) is 9.59 Å². The third-order valence-corrected chi connectivity index (χ3v) is 5.26. The lowest BCUT2D eigenvalue weighted by molar-refractivity contribution is -0.144. The number of hydrogen-bond donors (Lipinski definition) is 0. The number of esters is 2. The molecule has 2 unspecified atom stereocenters. The highest BCUT2D eigenvalue weighted by molar-refractivity contribution is 5.81. The van der Waals surface area contributed by atoms with Gasteiger partial charge in [0.05, 0.1) is 0 Å². The van der Waals surface area contributed by atoms with Crippen LogP contribution in [-0.2, 0) is 31.9 Å². The third-order valence-electron chi connectivity index (χ3n) is 5.26. The second-order valence-electron chi connectivity index (χ2n) is 7.32. The summed E-state index contributed by atoms with van der Waals surface area (Å²) in [4.78, 5) is 22.9. The van der Waals surface area contributed by atoms with Crippen molar-refractivity contribution in [1.29, 1.82) is 0 Å². The van der Waals surface area contributed by atoms with Crippen LogP contribution in [0.3, 0.4) is 0 Å². The topological polar surface area (TPSA) is 52.6 Å². The molecule has 4 heteroatoms. The number of hydrogen-bond acceptors (Lipinski definition) is 4. The van der Waals surface area contributed by atoms with Crippen molar-refractivity contribution in [3.63, 3.8) is 0 Å². The molecule has 1 aromatic rings. The number of rotatable bonds is 15. The lowest BCUT2D eigenvalue weighted by Gasteiger charge is -2.18. The van der Waals surface area contributed by atoms with Crippen LogP contribution in [0.4, 0.5) is 0 Å². The summed E-state index contributed by atoms with van der Waals surface area (Å²) in [6, 6.07) is 6.31. The molecule has 0 aliphatic rings. The first-order valence-electron chi connectivity index (χ1n) is 10.9. The lowest BCUT2D eigenvalue weighted by Crippen LogP contribution is -2.16. The largest absolute Gasteiger partial charge is 0.459 e. The van der Waals surface area contributed by atoms with E-state index < -0.39 is 0 Å². The molecule has 0 heterocycles. The van der Waals surface area contributed by atoms with Gasteiger partial charge in [-0.1, -0.05) is 57.9 Å². The summed E-state index contributed by atoms with van der Waals surface area (Å²) in [5.41, 5.74) is 3.75. The fraction of sp³-hybridized carbons (Fsp3) is 0.462. The summed E-state index contributed by atoms with van der Waals surface area (Å²) in [6.45, 7) is 14.9. The highest BCUT2D eigenvalue weighted by Crippen LogP contribution is 2.23. The molecule has 1 rings (SSSR count). The van der Waals surface area contributed by atoms with Crippen molar-refractivity contribution >= 4 is 18.0 Å². The molecule has 0 saturated heterocycles. The van der Waals surface area contributed by atoms with Crippen molar-refractivity contribution in [3.8, 4) is 0 Å². The maximum absolute atomic E-state index is 11.5. The molecule has 0 radical (unpaired) electrons. The summed E-state index contributed by atoms with van der Waals surface area (Å²) in [5, 5.41) is 0. The Labute approximate surface area is 181 Å². The summed E-state index contributed by atoms with van der Waals surface area (Å²) < 4.78 is 10.8. The SMILES string of the molecule is C=CC(=O)OC(CC)CCCc1cccc(C=C)c1CCCC(CC)OC(=O)C=C. The van der Waals surface area contributed by atoms with Crippen LogP contribution in [0.2, 0.25) is 0 Å². The molecule has 1 aromatic carbocycles. The van der Waals surface area contributed by atoms with Crippen molar-refractivity contribution in [1.82, 2.24) is 0 Å². The van der Waals surface area contributed by atoms with Gasteiger partial charge in [0.15, 0.2) is 0 Å². The van der Waals surface area contributed by atoms with E-state index in [0.717, 1.165) is 56.9 Å². The Morgan fingerprint density at radius 1 is 0.900 bits per heavy atom. The fourth-order valence-corrected chi connectivity index (χ4v) is 3.53. The number of benzene rings is 1. The average molecular weight is 413 g/mol. The van der Waals surface area contributed by atoms with E-state index in [-0.39, 0.29) is 24.1 Å². The fourth-order valence-electron chi connectivity index (χ4n) is 3.53. The van der Waals surface area contributed by atoms with E-state index in [9.17, 15) is 9.59 Å². The molecular weight excluding hydrogens is 376 g/mol. The average Bonchev–Trinajstić information content (AvgIpc) is 2.77. The molecule has 164 valence electrons. The molecule has 0 saturated carbocycles. The predicted octanol–water partition coefficient (Wildman–Crippen LogP) is 5.99. The van der Waals surface area contributed by atoms with Gasteiger partial charge in [-0.15, -0.1) is 0 Å². The quantitative estimate of drug-likeness (QED) is 0.262. The number of aryl methyl sites for hydroxylation is 1. The smallest absolute Gasteiger partial charge is 0.330 e. The number of carbonyl (C=O) groups excluding carboxylic acids is 2. The van der Waals surface area contributed by atoms with Crippen molar-refractivity contribution in [2.75, 3.05) is 0 Å². The minimum absolute atomic E-state index is 0.0774. The minimum atomic E-state index is -0.364. The van der Waals surface area contributed by atoms with E-state index in [1.54, 1.807) is 0 Å². The Bertz CT molecular complexity index is 720. The van der Waals surface area contributed by atoms with Crippen molar-refractivity contribution in [3.05, 3.63) is 66.8 Å². The molecule has 0 N–H and O–H groups in total. The molecule has 0 fully saturated rings. The standard InChI is InChI=1S/C26H36O4/c1-6-20-14-11-15-21(16-12-17-22(7-2)29-25(27)9-4)24(20)19-13-18-23(8-3)30-26(28)10-5/h6,9-11,14-15,22-23H,1,4-5,7-8,12-13,16-19H2,2-3H3. The Balaban J connectivity index is 2.72. The molecule has 4 nitrogen and oxygen atoms in total. The molecule has 0 bridgehead atoms. The molecule has 0 aliphatic carbocycles. The van der Waals surface area contributed by atoms with Crippen LogP contribution < -0.4 is 0 Å². The number of carbonyl (C=O) groups is 2. The van der Waals surface area contributed by atoms with Gasteiger partial charge in [-0.3, -0.25) is 0 Å². The van der Waals surface area contributed by atoms with Crippen molar-refractivity contribution in [2.45, 2.75) is 77.4 Å². The zero-order chi connectivity index (χ0) is 22.4. The second-order valence-corrected chi connectivity index (χ2v) is 7.32.